The topological polar surface area (TPSA) is 92.0 Å². The van der Waals surface area contributed by atoms with Gasteiger partial charge in [-0.1, -0.05) is 0 Å². The largest absolute Gasteiger partial charge is 0.478 e. The van der Waals surface area contributed by atoms with E-state index in [-0.39, 0.29) is 11.3 Å². The molecule has 0 bridgehead atoms. The number of nitrogens with two attached hydrogens (primary N) is 1. The summed E-state index contributed by atoms with van der Waals surface area (Å²) < 4.78 is 0. The smallest absolute Gasteiger partial charge is 0.340 e. The average molecular weight is 177 g/mol. The second-order valence-corrected chi connectivity index (χ2v) is 2.63. The fourth-order valence-corrected chi connectivity index (χ4v) is 1.25. The van der Waals surface area contributed by atoms with E-state index in [1.807, 2.05) is 0 Å². The van der Waals surface area contributed by atoms with E-state index >= 15 is 0 Å². The van der Waals surface area contributed by atoms with Crippen molar-refractivity contribution in [2.75, 3.05) is 5.73 Å². The Morgan fingerprint density at radius 2 is 2.31 bits per heavy atom. The Morgan fingerprint density at radius 1 is 1.54 bits per heavy atom. The fraction of sp³-hybridized carbons (Fsp3) is 0. The first-order valence-corrected chi connectivity index (χ1v) is 3.65. The first-order valence-electron chi connectivity index (χ1n) is 3.65. The number of fused-ring (bicyclic) bond motifs is 1. The molecule has 0 aliphatic carbocycles. The summed E-state index contributed by atoms with van der Waals surface area (Å²) >= 11 is 0. The van der Waals surface area contributed by atoms with E-state index in [0.29, 0.717) is 11.0 Å². The van der Waals surface area contributed by atoms with Crippen LogP contribution in [0.25, 0.3) is 11.0 Å². The Hall–Kier alpha value is -2.04. The lowest BCUT2D eigenvalue weighted by Gasteiger charge is -1.99. The van der Waals surface area contributed by atoms with Crippen LogP contribution in [0.1, 0.15) is 10.4 Å². The van der Waals surface area contributed by atoms with Crippen LogP contribution in [0.2, 0.25) is 0 Å². The zero-order valence-electron chi connectivity index (χ0n) is 6.61. The van der Waals surface area contributed by atoms with Crippen LogP contribution in [0.3, 0.4) is 0 Å². The monoisotopic (exact) mass is 177 g/mol. The maximum atomic E-state index is 10.8. The van der Waals surface area contributed by atoms with Gasteiger partial charge >= 0.3 is 5.97 Å². The lowest BCUT2D eigenvalue weighted by atomic mass is 10.1. The molecule has 0 aliphatic heterocycles. The molecule has 5 heteroatoms. The van der Waals surface area contributed by atoms with Gasteiger partial charge in [-0.2, -0.15) is 0 Å². The number of carboxylic acid groups (broad SMARTS) is 1. The molecular weight excluding hydrogens is 170 g/mol. The molecule has 0 spiro atoms. The molecule has 0 aliphatic rings. The molecule has 5 nitrogen and oxygen atoms in total. The van der Waals surface area contributed by atoms with Gasteiger partial charge in [-0.05, 0) is 12.1 Å². The van der Waals surface area contributed by atoms with Gasteiger partial charge in [0.1, 0.15) is 11.1 Å². The number of aromatic amines is 1. The molecule has 0 saturated heterocycles. The van der Waals surface area contributed by atoms with Crippen LogP contribution in [0.15, 0.2) is 18.5 Å². The molecule has 1 aromatic carbocycles. The number of aromatic carboxylic acids is 1. The van der Waals surface area contributed by atoms with Gasteiger partial charge in [-0.25, -0.2) is 9.78 Å². The van der Waals surface area contributed by atoms with Gasteiger partial charge in [0.05, 0.1) is 11.8 Å². The molecule has 0 fully saturated rings. The maximum absolute atomic E-state index is 10.8. The zero-order chi connectivity index (χ0) is 9.42. The van der Waals surface area contributed by atoms with E-state index in [0.717, 1.165) is 0 Å². The average Bonchev–Trinajstić information content (AvgIpc) is 2.50. The minimum atomic E-state index is -1.06. The fourth-order valence-electron chi connectivity index (χ4n) is 1.25. The SMILES string of the molecule is Nc1ccc2[nH]cnc2c1C(=O)O. The van der Waals surface area contributed by atoms with E-state index in [2.05, 4.69) is 9.97 Å². The number of hydrogen-bond donors (Lipinski definition) is 3. The number of carboxylic acids is 1. The minimum absolute atomic E-state index is 0.0544. The summed E-state index contributed by atoms with van der Waals surface area (Å²) in [6.07, 6.45) is 1.44. The molecule has 1 heterocycles. The molecule has 2 aromatic rings. The van der Waals surface area contributed by atoms with Gasteiger partial charge < -0.3 is 15.8 Å². The number of anilines is 1. The standard InChI is InChI=1S/C8H7N3O2/c9-4-1-2-5-7(11-3-10-5)6(4)8(12)13/h1-3H,9H2,(H,10,11)(H,12,13). The van der Waals surface area contributed by atoms with Crippen LogP contribution in [-0.2, 0) is 0 Å². The van der Waals surface area contributed by atoms with Crippen LogP contribution in [-0.4, -0.2) is 21.0 Å². The molecule has 0 unspecified atom stereocenters. The highest BCUT2D eigenvalue weighted by Gasteiger charge is 2.13. The molecule has 1 aromatic heterocycles. The Kier molecular flexibility index (Phi) is 1.45. The molecular formula is C8H7N3O2. The van der Waals surface area contributed by atoms with E-state index in [4.69, 9.17) is 10.8 Å². The Bertz CT molecular complexity index is 475. The van der Waals surface area contributed by atoms with Crippen molar-refractivity contribution < 1.29 is 9.90 Å². The summed E-state index contributed by atoms with van der Waals surface area (Å²) in [5.41, 5.74) is 6.86. The Morgan fingerprint density at radius 3 is 3.00 bits per heavy atom. The summed E-state index contributed by atoms with van der Waals surface area (Å²) in [6.45, 7) is 0. The van der Waals surface area contributed by atoms with Crippen molar-refractivity contribution in [2.24, 2.45) is 0 Å². The molecule has 0 amide bonds. The first kappa shape index (κ1) is 7.60. The third kappa shape index (κ3) is 1.01. The molecule has 66 valence electrons. The van der Waals surface area contributed by atoms with Gasteiger partial charge in [-0.15, -0.1) is 0 Å². The highest BCUT2D eigenvalue weighted by Crippen LogP contribution is 2.20. The summed E-state index contributed by atoms with van der Waals surface area (Å²) in [5, 5.41) is 8.85. The van der Waals surface area contributed by atoms with E-state index < -0.39 is 5.97 Å². The van der Waals surface area contributed by atoms with E-state index in [1.165, 1.54) is 6.33 Å². The molecule has 0 saturated carbocycles. The summed E-state index contributed by atoms with van der Waals surface area (Å²) in [4.78, 5) is 17.5. The van der Waals surface area contributed by atoms with Crippen molar-refractivity contribution in [3.8, 4) is 0 Å². The maximum Gasteiger partial charge on any atom is 0.340 e. The van der Waals surface area contributed by atoms with Gasteiger partial charge in [0, 0.05) is 5.69 Å². The zero-order valence-corrected chi connectivity index (χ0v) is 6.61. The highest BCUT2D eigenvalue weighted by molar-refractivity contribution is 6.05. The molecule has 13 heavy (non-hydrogen) atoms. The lowest BCUT2D eigenvalue weighted by Crippen LogP contribution is -2.03. The van der Waals surface area contributed by atoms with Crippen LogP contribution >= 0.6 is 0 Å². The third-order valence-electron chi connectivity index (χ3n) is 1.84. The predicted molar refractivity (Wildman–Crippen MR) is 47.5 cm³/mol. The van der Waals surface area contributed by atoms with Crippen molar-refractivity contribution in [2.45, 2.75) is 0 Å². The van der Waals surface area contributed by atoms with Crippen molar-refractivity contribution >= 4 is 22.7 Å². The van der Waals surface area contributed by atoms with Crippen molar-refractivity contribution in [3.05, 3.63) is 24.0 Å². The Labute approximate surface area is 73.2 Å². The van der Waals surface area contributed by atoms with Gasteiger partial charge in [-0.3, -0.25) is 0 Å². The number of imidazole rings is 1. The minimum Gasteiger partial charge on any atom is -0.478 e. The number of aromatic nitrogens is 2. The molecule has 0 atom stereocenters. The number of hydrogen-bond acceptors (Lipinski definition) is 3. The number of H-pyrrole nitrogens is 1. The second kappa shape index (κ2) is 2.48. The molecule has 2 rings (SSSR count). The Balaban J connectivity index is 2.88. The quantitative estimate of drug-likeness (QED) is 0.563. The van der Waals surface area contributed by atoms with Crippen LogP contribution in [0.4, 0.5) is 5.69 Å². The highest BCUT2D eigenvalue weighted by atomic mass is 16.4. The number of nitrogens with one attached hydrogen (secondary N) is 1. The number of nitrogen functional groups attached to an aromatic ring is 1. The van der Waals surface area contributed by atoms with Crippen molar-refractivity contribution in [3.63, 3.8) is 0 Å². The van der Waals surface area contributed by atoms with Crippen molar-refractivity contribution in [1.29, 1.82) is 0 Å². The number of nitrogens with zero attached hydrogens (tertiary/aromatic N) is 1. The summed E-state index contributed by atoms with van der Waals surface area (Å²) in [5.74, 6) is -1.06. The van der Waals surface area contributed by atoms with Gasteiger partial charge in [0.2, 0.25) is 0 Å². The number of rotatable bonds is 1. The molecule has 0 radical (unpaired) electrons. The van der Waals surface area contributed by atoms with Crippen molar-refractivity contribution in [1.82, 2.24) is 9.97 Å². The van der Waals surface area contributed by atoms with E-state index in [1.54, 1.807) is 12.1 Å². The first-order chi connectivity index (χ1) is 6.20. The number of carbonyl (C=O) groups is 1. The van der Waals surface area contributed by atoms with E-state index in [9.17, 15) is 4.79 Å². The van der Waals surface area contributed by atoms with Crippen LogP contribution in [0, 0.1) is 0 Å². The third-order valence-corrected chi connectivity index (χ3v) is 1.84. The van der Waals surface area contributed by atoms with Gasteiger partial charge in [0.15, 0.2) is 0 Å². The summed E-state index contributed by atoms with van der Waals surface area (Å²) in [6, 6.07) is 3.24. The number of benzene rings is 1. The second-order valence-electron chi connectivity index (χ2n) is 2.63. The summed E-state index contributed by atoms with van der Waals surface area (Å²) in [7, 11) is 0. The molecule has 4 N–H and O–H groups in total. The van der Waals surface area contributed by atoms with Crippen LogP contribution < -0.4 is 5.73 Å². The lowest BCUT2D eigenvalue weighted by molar-refractivity contribution is 0.0700. The normalized spacial score (nSPS) is 10.5. The van der Waals surface area contributed by atoms with Gasteiger partial charge in [0.25, 0.3) is 0 Å². The van der Waals surface area contributed by atoms with Crippen LogP contribution in [0.5, 0.6) is 0 Å². The predicted octanol–water partition coefficient (Wildman–Crippen LogP) is 0.843.